The highest BCUT2D eigenvalue weighted by molar-refractivity contribution is 6.31. The maximum atomic E-state index is 13.0. The number of ether oxygens (including phenoxy) is 2. The van der Waals surface area contributed by atoms with Crippen molar-refractivity contribution in [1.82, 2.24) is 9.78 Å². The second kappa shape index (κ2) is 8.60. The van der Waals surface area contributed by atoms with Crippen LogP contribution in [0.1, 0.15) is 28.4 Å². The molecule has 1 aliphatic rings. The molecule has 0 aliphatic carbocycles. The van der Waals surface area contributed by atoms with E-state index in [1.807, 2.05) is 68.6 Å². The number of nitrogens with zero attached hydrogens (tertiary/aromatic N) is 2. The molecule has 4 aromatic rings. The summed E-state index contributed by atoms with van der Waals surface area (Å²) in [6.45, 7) is 4.57. The fourth-order valence-corrected chi connectivity index (χ4v) is 4.02. The fourth-order valence-electron chi connectivity index (χ4n) is 3.85. The minimum atomic E-state index is -0.200. The van der Waals surface area contributed by atoms with E-state index in [-0.39, 0.29) is 11.5 Å². The Morgan fingerprint density at radius 3 is 2.67 bits per heavy atom. The number of halogens is 1. The zero-order valence-corrected chi connectivity index (χ0v) is 19.0. The van der Waals surface area contributed by atoms with Crippen LogP contribution in [-0.4, -0.2) is 22.2 Å². The van der Waals surface area contributed by atoms with Crippen LogP contribution in [0.5, 0.6) is 11.5 Å². The number of aryl methyl sites for hydroxylation is 1. The third kappa shape index (κ3) is 4.03. The molecular weight excluding hydrogens is 436 g/mol. The molecule has 0 spiro atoms. The van der Waals surface area contributed by atoms with Crippen LogP contribution in [0.3, 0.4) is 0 Å². The Bertz CT molecular complexity index is 1390. The summed E-state index contributed by atoms with van der Waals surface area (Å²) in [5.74, 6) is 1.38. The third-order valence-corrected chi connectivity index (χ3v) is 5.66. The molecule has 0 saturated heterocycles. The molecule has 33 heavy (non-hydrogen) atoms. The van der Waals surface area contributed by atoms with Gasteiger partial charge in [0.1, 0.15) is 17.2 Å². The smallest absolute Gasteiger partial charge is 0.232 e. The lowest BCUT2D eigenvalue weighted by atomic mass is 10.0. The molecule has 5 rings (SSSR count). The summed E-state index contributed by atoms with van der Waals surface area (Å²) < 4.78 is 13.3. The van der Waals surface area contributed by atoms with Crippen LogP contribution in [0.2, 0.25) is 5.02 Å². The number of allylic oxidation sites excluding steroid dienone is 1. The molecule has 0 atom stereocenters. The Kier molecular flexibility index (Phi) is 5.48. The van der Waals surface area contributed by atoms with Gasteiger partial charge in [-0.15, -0.1) is 0 Å². The summed E-state index contributed by atoms with van der Waals surface area (Å²) in [5, 5.41) is 5.34. The van der Waals surface area contributed by atoms with Crippen LogP contribution in [0, 0.1) is 6.92 Å². The van der Waals surface area contributed by atoms with Crippen molar-refractivity contribution in [3.8, 4) is 28.4 Å². The van der Waals surface area contributed by atoms with Gasteiger partial charge in [-0.2, -0.15) is 5.10 Å². The van der Waals surface area contributed by atoms with Gasteiger partial charge >= 0.3 is 0 Å². The van der Waals surface area contributed by atoms with E-state index in [0.717, 1.165) is 33.8 Å². The number of benzene rings is 3. The quantitative estimate of drug-likeness (QED) is 0.321. The minimum Gasteiger partial charge on any atom is -0.494 e. The van der Waals surface area contributed by atoms with Gasteiger partial charge in [0.05, 0.1) is 17.9 Å². The SMILES string of the molecule is CCOc1ccc(-c2nn(-c3ccccc3)cc2/C=C2\Oc3ccc(Cl)cc3C2=O)cc1C. The topological polar surface area (TPSA) is 53.4 Å². The highest BCUT2D eigenvalue weighted by Gasteiger charge is 2.28. The molecule has 1 aliphatic heterocycles. The molecule has 0 unspecified atom stereocenters. The Labute approximate surface area is 196 Å². The normalized spacial score (nSPS) is 13.8. The van der Waals surface area contributed by atoms with E-state index >= 15 is 0 Å². The van der Waals surface area contributed by atoms with E-state index in [1.165, 1.54) is 0 Å². The van der Waals surface area contributed by atoms with Crippen molar-refractivity contribution in [2.45, 2.75) is 13.8 Å². The first kappa shape index (κ1) is 21.0. The van der Waals surface area contributed by atoms with Crippen LogP contribution in [0.15, 0.2) is 78.7 Å². The van der Waals surface area contributed by atoms with Crippen LogP contribution in [0.25, 0.3) is 23.0 Å². The van der Waals surface area contributed by atoms with Gasteiger partial charge in [-0.05, 0) is 74.0 Å². The van der Waals surface area contributed by atoms with E-state index < -0.39 is 0 Å². The Hall–Kier alpha value is -3.83. The van der Waals surface area contributed by atoms with Gasteiger partial charge in [-0.3, -0.25) is 4.79 Å². The van der Waals surface area contributed by atoms with Gasteiger partial charge < -0.3 is 9.47 Å². The first-order valence-corrected chi connectivity index (χ1v) is 11.0. The average Bonchev–Trinajstić information content (AvgIpc) is 3.38. The molecule has 0 radical (unpaired) electrons. The number of carbonyl (C=O) groups is 1. The standard InChI is InChI=1S/C27H21ClN2O3/c1-3-32-23-11-9-18(13-17(23)2)26-19(16-30(29-26)21-7-5-4-6-8-21)14-25-27(31)22-15-20(28)10-12-24(22)33-25/h4-16H,3H2,1-2H3/b25-14-. The summed E-state index contributed by atoms with van der Waals surface area (Å²) in [6, 6.07) is 20.8. The van der Waals surface area contributed by atoms with Crippen molar-refractivity contribution in [2.75, 3.05) is 6.61 Å². The molecule has 6 heteroatoms. The Morgan fingerprint density at radius 2 is 1.91 bits per heavy atom. The molecule has 0 fully saturated rings. The van der Waals surface area contributed by atoms with Crippen molar-refractivity contribution < 1.29 is 14.3 Å². The maximum absolute atomic E-state index is 13.0. The number of hydrogen-bond donors (Lipinski definition) is 0. The van der Waals surface area contributed by atoms with E-state index in [2.05, 4.69) is 0 Å². The predicted octanol–water partition coefficient (Wildman–Crippen LogP) is 6.52. The van der Waals surface area contributed by atoms with E-state index in [4.69, 9.17) is 26.2 Å². The number of aromatic nitrogens is 2. The van der Waals surface area contributed by atoms with Crippen LogP contribution in [0.4, 0.5) is 0 Å². The molecule has 0 saturated carbocycles. The minimum absolute atomic E-state index is 0.200. The summed E-state index contributed by atoms with van der Waals surface area (Å²) in [6.07, 6.45) is 3.64. The largest absolute Gasteiger partial charge is 0.494 e. The van der Waals surface area contributed by atoms with E-state index in [9.17, 15) is 4.79 Å². The van der Waals surface area contributed by atoms with E-state index in [1.54, 1.807) is 29.0 Å². The number of ketones is 1. The molecule has 0 bridgehead atoms. The number of hydrogen-bond acceptors (Lipinski definition) is 4. The lowest BCUT2D eigenvalue weighted by Crippen LogP contribution is -1.98. The number of fused-ring (bicyclic) bond motifs is 1. The van der Waals surface area contributed by atoms with Gasteiger partial charge in [0, 0.05) is 22.3 Å². The van der Waals surface area contributed by atoms with E-state index in [0.29, 0.717) is 22.9 Å². The zero-order chi connectivity index (χ0) is 22.9. The second-order valence-corrected chi connectivity index (χ2v) is 8.14. The number of para-hydroxylation sites is 1. The van der Waals surface area contributed by atoms with Gasteiger partial charge in [-0.25, -0.2) is 4.68 Å². The number of rotatable bonds is 5. The average molecular weight is 457 g/mol. The molecule has 5 nitrogen and oxygen atoms in total. The van der Waals surface area contributed by atoms with Gasteiger partial charge in [-0.1, -0.05) is 29.8 Å². The van der Waals surface area contributed by atoms with Crippen molar-refractivity contribution in [1.29, 1.82) is 0 Å². The molecular formula is C27H21ClN2O3. The number of Topliss-reactive ketones (excluding diaryl/α,β-unsaturated/α-hetero) is 1. The van der Waals surface area contributed by atoms with Crippen molar-refractivity contribution in [3.05, 3.63) is 100 Å². The van der Waals surface area contributed by atoms with Crippen molar-refractivity contribution in [2.24, 2.45) is 0 Å². The monoisotopic (exact) mass is 456 g/mol. The van der Waals surface area contributed by atoms with Gasteiger partial charge in [0.2, 0.25) is 5.78 Å². The molecule has 3 aromatic carbocycles. The molecule has 0 amide bonds. The first-order valence-electron chi connectivity index (χ1n) is 10.7. The summed E-state index contributed by atoms with van der Waals surface area (Å²) in [7, 11) is 0. The highest BCUT2D eigenvalue weighted by Crippen LogP contribution is 2.35. The van der Waals surface area contributed by atoms with Crippen LogP contribution >= 0.6 is 11.6 Å². The van der Waals surface area contributed by atoms with Gasteiger partial charge in [0.15, 0.2) is 5.76 Å². The molecule has 2 heterocycles. The van der Waals surface area contributed by atoms with Crippen LogP contribution in [-0.2, 0) is 0 Å². The van der Waals surface area contributed by atoms with Gasteiger partial charge in [0.25, 0.3) is 0 Å². The first-order chi connectivity index (χ1) is 16.0. The second-order valence-electron chi connectivity index (χ2n) is 7.71. The zero-order valence-electron chi connectivity index (χ0n) is 18.2. The molecule has 164 valence electrons. The Balaban J connectivity index is 1.61. The lowest BCUT2D eigenvalue weighted by molar-refractivity contribution is 0.101. The third-order valence-electron chi connectivity index (χ3n) is 5.43. The fraction of sp³-hybridized carbons (Fsp3) is 0.111. The molecule has 0 N–H and O–H groups in total. The molecule has 1 aromatic heterocycles. The highest BCUT2D eigenvalue weighted by atomic mass is 35.5. The summed E-state index contributed by atoms with van der Waals surface area (Å²) in [4.78, 5) is 13.0. The van der Waals surface area contributed by atoms with Crippen LogP contribution < -0.4 is 9.47 Å². The number of carbonyl (C=O) groups excluding carboxylic acids is 1. The Morgan fingerprint density at radius 1 is 1.09 bits per heavy atom. The summed E-state index contributed by atoms with van der Waals surface area (Å²) in [5.41, 5.74) is 4.82. The lowest BCUT2D eigenvalue weighted by Gasteiger charge is -2.08. The predicted molar refractivity (Wildman–Crippen MR) is 129 cm³/mol. The van der Waals surface area contributed by atoms with Crippen molar-refractivity contribution >= 4 is 23.5 Å². The van der Waals surface area contributed by atoms with Crippen molar-refractivity contribution in [3.63, 3.8) is 0 Å². The summed E-state index contributed by atoms with van der Waals surface area (Å²) >= 11 is 6.07. The maximum Gasteiger partial charge on any atom is 0.232 e.